The Bertz CT molecular complexity index is 476. The first kappa shape index (κ1) is 8.55. The molecule has 0 aliphatic heterocycles. The Hall–Kier alpha value is -2.04. The van der Waals surface area contributed by atoms with Crippen molar-refractivity contribution in [3.63, 3.8) is 0 Å². The first-order chi connectivity index (χ1) is 6.68. The number of aromatic nitrogens is 2. The van der Waals surface area contributed by atoms with E-state index in [1.165, 1.54) is 4.90 Å². The number of hydrogen-bond donors (Lipinski definition) is 2. The van der Waals surface area contributed by atoms with Crippen molar-refractivity contribution in [2.75, 3.05) is 11.9 Å². The van der Waals surface area contributed by atoms with Gasteiger partial charge in [-0.25, -0.2) is 9.78 Å². The normalized spacial score (nSPS) is 10.4. The number of nitrogens with zero attached hydrogens (tertiary/aromatic N) is 2. The highest BCUT2D eigenvalue weighted by molar-refractivity contribution is 5.92. The van der Waals surface area contributed by atoms with Crippen LogP contribution in [-0.4, -0.2) is 23.0 Å². The van der Waals surface area contributed by atoms with Gasteiger partial charge in [0.05, 0.1) is 17.4 Å². The number of carbonyl (C=O) groups is 1. The van der Waals surface area contributed by atoms with Gasteiger partial charge in [-0.2, -0.15) is 0 Å². The Morgan fingerprint density at radius 2 is 2.36 bits per heavy atom. The number of rotatable bonds is 1. The van der Waals surface area contributed by atoms with E-state index in [0.29, 0.717) is 0 Å². The van der Waals surface area contributed by atoms with Gasteiger partial charge in [0.15, 0.2) is 0 Å². The van der Waals surface area contributed by atoms with Gasteiger partial charge in [-0.05, 0) is 18.2 Å². The molecule has 1 heterocycles. The third-order valence-corrected chi connectivity index (χ3v) is 2.12. The smallest absolute Gasteiger partial charge is 0.318 e. The van der Waals surface area contributed by atoms with Gasteiger partial charge in [0.25, 0.3) is 0 Å². The van der Waals surface area contributed by atoms with E-state index in [-0.39, 0.29) is 0 Å². The van der Waals surface area contributed by atoms with Crippen molar-refractivity contribution in [2.45, 2.75) is 0 Å². The zero-order valence-corrected chi connectivity index (χ0v) is 7.69. The van der Waals surface area contributed by atoms with E-state index in [4.69, 9.17) is 5.73 Å². The van der Waals surface area contributed by atoms with Gasteiger partial charge in [0, 0.05) is 12.7 Å². The van der Waals surface area contributed by atoms with Crippen LogP contribution in [0.3, 0.4) is 0 Å². The number of benzene rings is 1. The van der Waals surface area contributed by atoms with Crippen molar-refractivity contribution in [2.24, 2.45) is 5.73 Å². The number of nitrogens with one attached hydrogen (secondary N) is 1. The number of H-pyrrole nitrogens is 1. The standard InChI is InChI=1S/C9H10N4O/c1-13(9(10)14)6-2-3-7-8(4-6)12-5-11-7/h2-5H,1H3,(H2,10,14)(H,11,12). The third kappa shape index (κ3) is 1.28. The lowest BCUT2D eigenvalue weighted by Gasteiger charge is -2.13. The maximum atomic E-state index is 10.9. The summed E-state index contributed by atoms with van der Waals surface area (Å²) in [6.45, 7) is 0. The topological polar surface area (TPSA) is 75.0 Å². The molecule has 0 fully saturated rings. The van der Waals surface area contributed by atoms with Gasteiger partial charge in [-0.1, -0.05) is 0 Å². The van der Waals surface area contributed by atoms with Crippen LogP contribution in [-0.2, 0) is 0 Å². The molecule has 72 valence electrons. The predicted molar refractivity (Wildman–Crippen MR) is 54.1 cm³/mol. The highest BCUT2D eigenvalue weighted by Crippen LogP contribution is 2.18. The number of imidazole rings is 1. The van der Waals surface area contributed by atoms with Crippen LogP contribution >= 0.6 is 0 Å². The number of carbonyl (C=O) groups excluding carboxylic acids is 1. The van der Waals surface area contributed by atoms with Crippen LogP contribution in [0, 0.1) is 0 Å². The summed E-state index contributed by atoms with van der Waals surface area (Å²) in [6, 6.07) is 4.98. The van der Waals surface area contributed by atoms with Crippen molar-refractivity contribution in [3.05, 3.63) is 24.5 Å². The molecule has 0 aliphatic rings. The summed E-state index contributed by atoms with van der Waals surface area (Å²) >= 11 is 0. The number of hydrogen-bond acceptors (Lipinski definition) is 2. The second-order valence-corrected chi connectivity index (χ2v) is 3.00. The molecule has 1 aromatic heterocycles. The van der Waals surface area contributed by atoms with Crippen LogP contribution in [0.5, 0.6) is 0 Å². The molecule has 5 nitrogen and oxygen atoms in total. The maximum Gasteiger partial charge on any atom is 0.318 e. The SMILES string of the molecule is CN(C(N)=O)c1ccc2[nH]cnc2c1. The first-order valence-electron chi connectivity index (χ1n) is 4.15. The largest absolute Gasteiger partial charge is 0.351 e. The van der Waals surface area contributed by atoms with Crippen molar-refractivity contribution >= 4 is 22.8 Å². The molecule has 14 heavy (non-hydrogen) atoms. The number of primary amides is 1. The second kappa shape index (κ2) is 3.02. The Morgan fingerprint density at radius 3 is 3.07 bits per heavy atom. The van der Waals surface area contributed by atoms with Gasteiger partial charge in [-0.15, -0.1) is 0 Å². The summed E-state index contributed by atoms with van der Waals surface area (Å²) in [5.74, 6) is 0. The van der Waals surface area contributed by atoms with E-state index < -0.39 is 6.03 Å². The van der Waals surface area contributed by atoms with E-state index in [9.17, 15) is 4.79 Å². The maximum absolute atomic E-state index is 10.9. The minimum absolute atomic E-state index is 0.486. The van der Waals surface area contributed by atoms with Crippen molar-refractivity contribution in [1.82, 2.24) is 9.97 Å². The highest BCUT2D eigenvalue weighted by atomic mass is 16.2. The predicted octanol–water partition coefficient (Wildman–Crippen LogP) is 1.08. The molecule has 0 atom stereocenters. The Labute approximate surface area is 80.5 Å². The molecular weight excluding hydrogens is 180 g/mol. The average Bonchev–Trinajstić information content (AvgIpc) is 2.62. The zero-order chi connectivity index (χ0) is 10.1. The van der Waals surface area contributed by atoms with E-state index >= 15 is 0 Å². The van der Waals surface area contributed by atoms with Crippen molar-refractivity contribution in [3.8, 4) is 0 Å². The minimum Gasteiger partial charge on any atom is -0.351 e. The molecule has 0 saturated heterocycles. The molecule has 0 bridgehead atoms. The Balaban J connectivity index is 2.48. The minimum atomic E-state index is -0.486. The molecule has 2 rings (SSSR count). The average molecular weight is 190 g/mol. The molecule has 0 unspecified atom stereocenters. The summed E-state index contributed by atoms with van der Waals surface area (Å²) < 4.78 is 0. The lowest BCUT2D eigenvalue weighted by Crippen LogP contribution is -2.31. The van der Waals surface area contributed by atoms with E-state index in [1.54, 1.807) is 19.4 Å². The van der Waals surface area contributed by atoms with Gasteiger partial charge in [0.2, 0.25) is 0 Å². The first-order valence-corrected chi connectivity index (χ1v) is 4.15. The summed E-state index contributed by atoms with van der Waals surface area (Å²) in [7, 11) is 1.62. The fourth-order valence-electron chi connectivity index (χ4n) is 1.26. The lowest BCUT2D eigenvalue weighted by molar-refractivity contribution is 0.255. The summed E-state index contributed by atoms with van der Waals surface area (Å²) in [5, 5.41) is 0. The molecule has 0 saturated carbocycles. The van der Waals surface area contributed by atoms with E-state index in [1.807, 2.05) is 12.1 Å². The zero-order valence-electron chi connectivity index (χ0n) is 7.69. The third-order valence-electron chi connectivity index (χ3n) is 2.12. The molecule has 1 aromatic carbocycles. The van der Waals surface area contributed by atoms with E-state index in [0.717, 1.165) is 16.7 Å². The van der Waals surface area contributed by atoms with Crippen molar-refractivity contribution in [1.29, 1.82) is 0 Å². The number of amides is 2. The van der Waals surface area contributed by atoms with Crippen LogP contribution in [0.2, 0.25) is 0 Å². The molecule has 0 radical (unpaired) electrons. The van der Waals surface area contributed by atoms with Gasteiger partial charge < -0.3 is 10.7 Å². The summed E-state index contributed by atoms with van der Waals surface area (Å²) in [6.07, 6.45) is 1.61. The van der Waals surface area contributed by atoms with Crippen LogP contribution in [0.1, 0.15) is 0 Å². The molecule has 2 amide bonds. The molecule has 3 N–H and O–H groups in total. The lowest BCUT2D eigenvalue weighted by atomic mass is 10.2. The monoisotopic (exact) mass is 190 g/mol. The molecular formula is C9H10N4O. The number of anilines is 1. The van der Waals surface area contributed by atoms with Gasteiger partial charge in [0.1, 0.15) is 0 Å². The number of urea groups is 1. The Kier molecular flexibility index (Phi) is 1.85. The van der Waals surface area contributed by atoms with Crippen LogP contribution < -0.4 is 10.6 Å². The van der Waals surface area contributed by atoms with Crippen LogP contribution in [0.4, 0.5) is 10.5 Å². The molecule has 0 aliphatic carbocycles. The van der Waals surface area contributed by atoms with Gasteiger partial charge in [-0.3, -0.25) is 4.90 Å². The number of aromatic amines is 1. The summed E-state index contributed by atoms with van der Waals surface area (Å²) in [5.41, 5.74) is 7.63. The van der Waals surface area contributed by atoms with Crippen molar-refractivity contribution < 1.29 is 4.79 Å². The number of fused-ring (bicyclic) bond motifs is 1. The number of nitrogens with two attached hydrogens (primary N) is 1. The van der Waals surface area contributed by atoms with Crippen LogP contribution in [0.15, 0.2) is 24.5 Å². The molecule has 5 heteroatoms. The van der Waals surface area contributed by atoms with Gasteiger partial charge >= 0.3 is 6.03 Å². The summed E-state index contributed by atoms with van der Waals surface area (Å²) in [4.78, 5) is 19.3. The fraction of sp³-hybridized carbons (Fsp3) is 0.111. The quantitative estimate of drug-likeness (QED) is 0.706. The van der Waals surface area contributed by atoms with E-state index in [2.05, 4.69) is 9.97 Å². The second-order valence-electron chi connectivity index (χ2n) is 3.00. The molecule has 2 aromatic rings. The Morgan fingerprint density at radius 1 is 1.57 bits per heavy atom. The molecule has 0 spiro atoms. The highest BCUT2D eigenvalue weighted by Gasteiger charge is 2.07. The van der Waals surface area contributed by atoms with Crippen LogP contribution in [0.25, 0.3) is 11.0 Å². The fourth-order valence-corrected chi connectivity index (χ4v) is 1.26.